The van der Waals surface area contributed by atoms with Gasteiger partial charge in [0.05, 0.1) is 14.2 Å². The summed E-state index contributed by atoms with van der Waals surface area (Å²) < 4.78 is 13.0. The first-order valence-corrected chi connectivity index (χ1v) is 9.68. The summed E-state index contributed by atoms with van der Waals surface area (Å²) in [4.78, 5) is 4.90. The Kier molecular flexibility index (Phi) is 5.38. The van der Waals surface area contributed by atoms with Gasteiger partial charge in [0.2, 0.25) is 0 Å². The van der Waals surface area contributed by atoms with Gasteiger partial charge >= 0.3 is 0 Å². The largest absolute Gasteiger partial charge is 0.493 e. The lowest BCUT2D eigenvalue weighted by Crippen LogP contribution is -2.07. The normalized spacial score (nSPS) is 10.9. The third kappa shape index (κ3) is 3.90. The number of hydrogen-bond donors (Lipinski definition) is 1. The van der Waals surface area contributed by atoms with Gasteiger partial charge in [-0.15, -0.1) is 0 Å². The number of nitrogens with one attached hydrogen (secondary N) is 1. The molecule has 0 saturated heterocycles. The van der Waals surface area contributed by atoms with Crippen molar-refractivity contribution in [2.24, 2.45) is 0 Å². The van der Waals surface area contributed by atoms with Gasteiger partial charge in [-0.1, -0.05) is 30.3 Å². The highest BCUT2D eigenvalue weighted by molar-refractivity contribution is 5.78. The van der Waals surface area contributed by atoms with Gasteiger partial charge < -0.3 is 14.8 Å². The SMILES string of the molecule is COc1ccc(-c2nc3cc(C)ccn3c2NCCc2ccccc2)cc1OC. The average Bonchev–Trinajstić information content (AvgIpc) is 3.11. The average molecular weight is 387 g/mol. The maximum atomic E-state index is 5.49. The van der Waals surface area contributed by atoms with E-state index in [0.29, 0.717) is 11.5 Å². The van der Waals surface area contributed by atoms with Crippen molar-refractivity contribution in [2.45, 2.75) is 13.3 Å². The molecule has 0 aliphatic rings. The molecule has 0 saturated carbocycles. The van der Waals surface area contributed by atoms with Gasteiger partial charge in [0, 0.05) is 18.3 Å². The van der Waals surface area contributed by atoms with Crippen LogP contribution < -0.4 is 14.8 Å². The van der Waals surface area contributed by atoms with E-state index in [1.54, 1.807) is 14.2 Å². The zero-order valence-electron chi connectivity index (χ0n) is 17.0. The number of aromatic nitrogens is 2. The maximum Gasteiger partial charge on any atom is 0.161 e. The number of aryl methyl sites for hydroxylation is 1. The number of pyridine rings is 1. The van der Waals surface area contributed by atoms with Gasteiger partial charge in [-0.2, -0.15) is 0 Å². The Morgan fingerprint density at radius 2 is 1.72 bits per heavy atom. The third-order valence-corrected chi connectivity index (χ3v) is 4.99. The van der Waals surface area contributed by atoms with E-state index in [9.17, 15) is 0 Å². The van der Waals surface area contributed by atoms with E-state index < -0.39 is 0 Å². The number of nitrogens with zero attached hydrogens (tertiary/aromatic N) is 2. The lowest BCUT2D eigenvalue weighted by Gasteiger charge is -2.11. The van der Waals surface area contributed by atoms with E-state index in [-0.39, 0.29) is 0 Å². The van der Waals surface area contributed by atoms with Crippen LogP contribution in [0.4, 0.5) is 5.82 Å². The Bertz CT molecular complexity index is 1120. The van der Waals surface area contributed by atoms with E-state index >= 15 is 0 Å². The van der Waals surface area contributed by atoms with E-state index in [2.05, 4.69) is 59.2 Å². The topological polar surface area (TPSA) is 47.8 Å². The molecule has 5 heteroatoms. The monoisotopic (exact) mass is 387 g/mol. The smallest absolute Gasteiger partial charge is 0.161 e. The third-order valence-electron chi connectivity index (χ3n) is 4.99. The van der Waals surface area contributed by atoms with Crippen molar-refractivity contribution in [2.75, 3.05) is 26.1 Å². The number of anilines is 1. The number of rotatable bonds is 7. The highest BCUT2D eigenvalue weighted by atomic mass is 16.5. The van der Waals surface area contributed by atoms with Crippen LogP contribution in [0.25, 0.3) is 16.9 Å². The fourth-order valence-electron chi connectivity index (χ4n) is 3.47. The minimum Gasteiger partial charge on any atom is -0.493 e. The molecule has 0 amide bonds. The molecular weight excluding hydrogens is 362 g/mol. The lowest BCUT2D eigenvalue weighted by molar-refractivity contribution is 0.355. The number of fused-ring (bicyclic) bond motifs is 1. The molecule has 2 aromatic carbocycles. The van der Waals surface area contributed by atoms with E-state index in [1.165, 1.54) is 11.1 Å². The number of methoxy groups -OCH3 is 2. The van der Waals surface area contributed by atoms with Crippen molar-refractivity contribution < 1.29 is 9.47 Å². The molecule has 29 heavy (non-hydrogen) atoms. The zero-order valence-corrected chi connectivity index (χ0v) is 17.0. The number of hydrogen-bond acceptors (Lipinski definition) is 4. The molecule has 0 aliphatic carbocycles. The Hall–Kier alpha value is -3.47. The lowest BCUT2D eigenvalue weighted by atomic mass is 10.1. The molecule has 0 unspecified atom stereocenters. The van der Waals surface area contributed by atoms with Gasteiger partial charge in [0.25, 0.3) is 0 Å². The van der Waals surface area contributed by atoms with Crippen molar-refractivity contribution in [1.29, 1.82) is 0 Å². The Labute approximate surface area is 170 Å². The quantitative estimate of drug-likeness (QED) is 0.486. The maximum absolute atomic E-state index is 5.49. The van der Waals surface area contributed by atoms with E-state index in [4.69, 9.17) is 14.5 Å². The van der Waals surface area contributed by atoms with Gasteiger partial charge in [-0.05, 0) is 54.8 Å². The summed E-state index contributed by atoms with van der Waals surface area (Å²) in [6, 6.07) is 20.6. The predicted octanol–water partition coefficient (Wildman–Crippen LogP) is 4.98. The molecule has 0 atom stereocenters. The molecule has 2 aromatic heterocycles. The molecule has 4 aromatic rings. The van der Waals surface area contributed by atoms with Crippen LogP contribution in [0, 0.1) is 6.92 Å². The predicted molar refractivity (Wildman–Crippen MR) is 117 cm³/mol. The molecule has 0 bridgehead atoms. The van der Waals surface area contributed by atoms with Gasteiger partial charge in [-0.25, -0.2) is 4.98 Å². The van der Waals surface area contributed by atoms with Gasteiger partial charge in [0.1, 0.15) is 17.2 Å². The van der Waals surface area contributed by atoms with E-state index in [0.717, 1.165) is 35.7 Å². The number of imidazole rings is 1. The molecule has 0 aliphatic heterocycles. The molecule has 0 fully saturated rings. The molecule has 148 valence electrons. The summed E-state index contributed by atoms with van der Waals surface area (Å²) in [5.74, 6) is 2.37. The first kappa shape index (κ1) is 18.9. The minimum atomic E-state index is 0.688. The molecular formula is C24H25N3O2. The summed E-state index contributed by atoms with van der Waals surface area (Å²) in [6.45, 7) is 2.89. The Morgan fingerprint density at radius 1 is 0.931 bits per heavy atom. The summed E-state index contributed by atoms with van der Waals surface area (Å²) in [5, 5.41) is 3.60. The molecule has 4 rings (SSSR count). The second kappa shape index (κ2) is 8.27. The fourth-order valence-corrected chi connectivity index (χ4v) is 3.47. The van der Waals surface area contributed by atoms with Crippen LogP contribution in [0.15, 0.2) is 66.9 Å². The van der Waals surface area contributed by atoms with Gasteiger partial charge in [0.15, 0.2) is 11.5 Å². The van der Waals surface area contributed by atoms with Crippen LogP contribution in [0.3, 0.4) is 0 Å². The van der Waals surface area contributed by atoms with Crippen molar-refractivity contribution in [1.82, 2.24) is 9.38 Å². The van der Waals surface area contributed by atoms with Crippen LogP contribution in [0.1, 0.15) is 11.1 Å². The van der Waals surface area contributed by atoms with Crippen molar-refractivity contribution in [3.8, 4) is 22.8 Å². The van der Waals surface area contributed by atoms with Crippen LogP contribution in [0.2, 0.25) is 0 Å². The second-order valence-corrected chi connectivity index (χ2v) is 6.97. The molecule has 0 radical (unpaired) electrons. The van der Waals surface area contributed by atoms with Crippen LogP contribution in [0.5, 0.6) is 11.5 Å². The summed E-state index contributed by atoms with van der Waals surface area (Å²) in [7, 11) is 3.29. The highest BCUT2D eigenvalue weighted by Gasteiger charge is 2.16. The molecule has 5 nitrogen and oxygen atoms in total. The molecule has 1 N–H and O–H groups in total. The second-order valence-electron chi connectivity index (χ2n) is 6.97. The van der Waals surface area contributed by atoms with Crippen molar-refractivity contribution in [3.05, 3.63) is 78.0 Å². The molecule has 2 heterocycles. The summed E-state index contributed by atoms with van der Waals surface area (Å²) >= 11 is 0. The minimum absolute atomic E-state index is 0.688. The van der Waals surface area contributed by atoms with Crippen LogP contribution in [-0.2, 0) is 6.42 Å². The summed E-state index contributed by atoms with van der Waals surface area (Å²) in [6.07, 6.45) is 3.00. The highest BCUT2D eigenvalue weighted by Crippen LogP contribution is 2.35. The Morgan fingerprint density at radius 3 is 2.48 bits per heavy atom. The van der Waals surface area contributed by atoms with Crippen molar-refractivity contribution in [3.63, 3.8) is 0 Å². The summed E-state index contributed by atoms with van der Waals surface area (Å²) in [5.41, 5.74) is 5.27. The standard InChI is InChI=1S/C24H25N3O2/c1-17-12-14-27-22(15-17)26-23(19-9-10-20(28-2)21(16-19)29-3)24(27)25-13-11-18-7-5-4-6-8-18/h4-10,12,14-16,25H,11,13H2,1-3H3. The fraction of sp³-hybridized carbons (Fsp3) is 0.208. The van der Waals surface area contributed by atoms with Crippen LogP contribution >= 0.6 is 0 Å². The zero-order chi connectivity index (χ0) is 20.2. The van der Waals surface area contributed by atoms with Gasteiger partial charge in [-0.3, -0.25) is 4.40 Å². The molecule has 0 spiro atoms. The Balaban J connectivity index is 1.72. The van der Waals surface area contributed by atoms with Crippen LogP contribution in [-0.4, -0.2) is 30.1 Å². The van der Waals surface area contributed by atoms with Crippen molar-refractivity contribution >= 4 is 11.5 Å². The first-order chi connectivity index (χ1) is 14.2. The first-order valence-electron chi connectivity index (χ1n) is 9.68. The number of ether oxygens (including phenoxy) is 2. The van der Waals surface area contributed by atoms with E-state index in [1.807, 2.05) is 24.3 Å². The number of benzene rings is 2.